The number of thiophene rings is 1. The van der Waals surface area contributed by atoms with Crippen LogP contribution in [0.25, 0.3) is 0 Å². The first-order chi connectivity index (χ1) is 11.0. The second-order valence-corrected chi connectivity index (χ2v) is 7.13. The number of likely N-dealkylation sites (tertiary alicyclic amines) is 1. The molecule has 0 radical (unpaired) electrons. The molecule has 0 aromatic carbocycles. The number of nitrogens with one attached hydrogen (secondary N) is 1. The van der Waals surface area contributed by atoms with Gasteiger partial charge in [0.1, 0.15) is 0 Å². The number of rotatable bonds is 5. The number of likely N-dealkylation sites (N-methyl/N-ethyl adjacent to an activating group) is 1. The van der Waals surface area contributed by atoms with Crippen molar-refractivity contribution in [1.29, 1.82) is 0 Å². The molecule has 0 saturated carbocycles. The molecule has 1 aliphatic heterocycles. The largest absolute Gasteiger partial charge is 0.396 e. The fourth-order valence-corrected chi connectivity index (χ4v) is 3.75. The molecule has 2 N–H and O–H groups in total. The van der Waals surface area contributed by atoms with E-state index in [0.717, 1.165) is 17.7 Å². The molecule has 1 fully saturated rings. The smallest absolute Gasteiger partial charge is 0.311 e. The molecular weight excluding hydrogens is 314 g/mol. The van der Waals surface area contributed by atoms with Crippen molar-refractivity contribution in [2.45, 2.75) is 18.9 Å². The lowest BCUT2D eigenvalue weighted by atomic mass is 9.99. The predicted molar refractivity (Wildman–Crippen MR) is 90.1 cm³/mol. The van der Waals surface area contributed by atoms with Crippen LogP contribution in [0, 0.1) is 5.92 Å². The minimum atomic E-state index is -0.563. The Balaban J connectivity index is 1.89. The quantitative estimate of drug-likeness (QED) is 0.775. The Hall–Kier alpha value is -1.44. The molecule has 0 bridgehead atoms. The predicted octanol–water partition coefficient (Wildman–Crippen LogP) is 0.698. The molecule has 2 heterocycles. The Kier molecular flexibility index (Phi) is 6.56. The van der Waals surface area contributed by atoms with Gasteiger partial charge in [0, 0.05) is 31.1 Å². The number of carbonyl (C=O) groups is 2. The van der Waals surface area contributed by atoms with Gasteiger partial charge in [0.05, 0.1) is 6.04 Å². The Labute approximate surface area is 141 Å². The van der Waals surface area contributed by atoms with Crippen LogP contribution in [0.2, 0.25) is 0 Å². The minimum absolute atomic E-state index is 0.0540. The van der Waals surface area contributed by atoms with E-state index in [-0.39, 0.29) is 18.6 Å². The summed E-state index contributed by atoms with van der Waals surface area (Å²) in [6, 6.07) is 4.06. The molecule has 2 unspecified atom stereocenters. The molecule has 1 aromatic heterocycles. The number of amides is 2. The molecule has 0 spiro atoms. The summed E-state index contributed by atoms with van der Waals surface area (Å²) in [6.45, 7) is 1.51. The topological polar surface area (TPSA) is 72.9 Å². The number of piperidine rings is 1. The van der Waals surface area contributed by atoms with Crippen molar-refractivity contribution in [3.8, 4) is 0 Å². The Morgan fingerprint density at radius 3 is 2.91 bits per heavy atom. The van der Waals surface area contributed by atoms with Gasteiger partial charge < -0.3 is 20.2 Å². The van der Waals surface area contributed by atoms with Crippen LogP contribution in [0.5, 0.6) is 0 Å². The van der Waals surface area contributed by atoms with E-state index >= 15 is 0 Å². The third kappa shape index (κ3) is 4.76. The lowest BCUT2D eigenvalue weighted by Crippen LogP contribution is -2.48. The van der Waals surface area contributed by atoms with Crippen LogP contribution in [0.15, 0.2) is 17.5 Å². The van der Waals surface area contributed by atoms with Gasteiger partial charge >= 0.3 is 11.8 Å². The zero-order valence-corrected chi connectivity index (χ0v) is 14.5. The summed E-state index contributed by atoms with van der Waals surface area (Å²) in [7, 11) is 3.91. The highest BCUT2D eigenvalue weighted by Crippen LogP contribution is 2.22. The van der Waals surface area contributed by atoms with E-state index in [1.807, 2.05) is 36.5 Å². The van der Waals surface area contributed by atoms with Gasteiger partial charge in [-0.1, -0.05) is 6.07 Å². The average Bonchev–Trinajstić information content (AvgIpc) is 3.08. The van der Waals surface area contributed by atoms with Crippen molar-refractivity contribution in [1.82, 2.24) is 15.1 Å². The van der Waals surface area contributed by atoms with E-state index < -0.39 is 11.8 Å². The van der Waals surface area contributed by atoms with Gasteiger partial charge in [-0.2, -0.15) is 0 Å². The maximum atomic E-state index is 12.2. The van der Waals surface area contributed by atoms with E-state index in [0.29, 0.717) is 19.6 Å². The number of hydrogen-bond donors (Lipinski definition) is 2. The zero-order valence-electron chi connectivity index (χ0n) is 13.7. The maximum Gasteiger partial charge on any atom is 0.311 e. The van der Waals surface area contributed by atoms with Crippen LogP contribution in [-0.4, -0.2) is 67.1 Å². The fraction of sp³-hybridized carbons (Fsp3) is 0.625. The van der Waals surface area contributed by atoms with Gasteiger partial charge in [0.15, 0.2) is 0 Å². The number of carbonyl (C=O) groups excluding carboxylic acids is 2. The molecule has 2 atom stereocenters. The van der Waals surface area contributed by atoms with Crippen LogP contribution in [0.4, 0.5) is 0 Å². The number of aliphatic hydroxyl groups is 1. The molecule has 1 aromatic rings. The highest BCUT2D eigenvalue weighted by atomic mass is 32.1. The minimum Gasteiger partial charge on any atom is -0.396 e. The van der Waals surface area contributed by atoms with Crippen LogP contribution in [-0.2, 0) is 9.59 Å². The van der Waals surface area contributed by atoms with Gasteiger partial charge in [-0.3, -0.25) is 9.59 Å². The highest BCUT2D eigenvalue weighted by molar-refractivity contribution is 7.10. The molecular formula is C16H25N3O3S. The van der Waals surface area contributed by atoms with Crippen molar-refractivity contribution in [2.75, 3.05) is 40.3 Å². The van der Waals surface area contributed by atoms with Gasteiger partial charge in [-0.25, -0.2) is 0 Å². The number of hydrogen-bond acceptors (Lipinski definition) is 5. The molecule has 128 valence electrons. The molecule has 0 aliphatic carbocycles. The zero-order chi connectivity index (χ0) is 16.8. The normalized spacial score (nSPS) is 19.7. The van der Waals surface area contributed by atoms with Crippen LogP contribution < -0.4 is 5.32 Å². The Morgan fingerprint density at radius 1 is 1.52 bits per heavy atom. The first-order valence-corrected chi connectivity index (χ1v) is 8.78. The van der Waals surface area contributed by atoms with Crippen LogP contribution in [0.3, 0.4) is 0 Å². The highest BCUT2D eigenvalue weighted by Gasteiger charge is 2.28. The molecule has 1 aliphatic rings. The second kappa shape index (κ2) is 8.42. The third-order valence-electron chi connectivity index (χ3n) is 4.21. The summed E-state index contributed by atoms with van der Waals surface area (Å²) in [4.78, 5) is 29.1. The van der Waals surface area contributed by atoms with Crippen molar-refractivity contribution in [3.63, 3.8) is 0 Å². The van der Waals surface area contributed by atoms with E-state index in [1.165, 1.54) is 0 Å². The van der Waals surface area contributed by atoms with E-state index in [4.69, 9.17) is 0 Å². The van der Waals surface area contributed by atoms with Crippen molar-refractivity contribution >= 4 is 23.2 Å². The third-order valence-corrected chi connectivity index (χ3v) is 5.18. The second-order valence-electron chi connectivity index (χ2n) is 6.15. The van der Waals surface area contributed by atoms with Gasteiger partial charge in [0.2, 0.25) is 0 Å². The standard InChI is InChI=1S/C16H25N3O3S/c1-18(2)13(14-6-4-8-23-14)9-17-15(21)16(22)19-7-3-5-12(10-19)11-20/h4,6,8,12-13,20H,3,5,7,9-11H2,1-2H3,(H,17,21). The van der Waals surface area contributed by atoms with Crippen molar-refractivity contribution < 1.29 is 14.7 Å². The molecule has 2 rings (SSSR count). The van der Waals surface area contributed by atoms with E-state index in [1.54, 1.807) is 16.2 Å². The fourth-order valence-electron chi connectivity index (χ4n) is 2.83. The summed E-state index contributed by atoms with van der Waals surface area (Å²) in [5.74, 6) is -0.972. The molecule has 1 saturated heterocycles. The van der Waals surface area contributed by atoms with Gasteiger partial charge in [-0.05, 0) is 44.3 Å². The van der Waals surface area contributed by atoms with E-state index in [2.05, 4.69) is 5.32 Å². The molecule has 7 heteroatoms. The Morgan fingerprint density at radius 2 is 2.30 bits per heavy atom. The van der Waals surface area contributed by atoms with Gasteiger partial charge in [-0.15, -0.1) is 11.3 Å². The van der Waals surface area contributed by atoms with E-state index in [9.17, 15) is 14.7 Å². The molecule has 2 amide bonds. The number of nitrogens with zero attached hydrogens (tertiary/aromatic N) is 2. The first kappa shape index (κ1) is 17.9. The van der Waals surface area contributed by atoms with Gasteiger partial charge in [0.25, 0.3) is 0 Å². The number of aliphatic hydroxyl groups excluding tert-OH is 1. The summed E-state index contributed by atoms with van der Waals surface area (Å²) in [5, 5.41) is 14.0. The lowest BCUT2D eigenvalue weighted by molar-refractivity contribution is -0.147. The Bertz CT molecular complexity index is 519. The monoisotopic (exact) mass is 339 g/mol. The maximum absolute atomic E-state index is 12.2. The van der Waals surface area contributed by atoms with Crippen LogP contribution in [0.1, 0.15) is 23.8 Å². The van der Waals surface area contributed by atoms with Crippen molar-refractivity contribution in [2.24, 2.45) is 5.92 Å². The first-order valence-electron chi connectivity index (χ1n) is 7.90. The average molecular weight is 339 g/mol. The summed E-state index contributed by atoms with van der Waals surface area (Å²) < 4.78 is 0. The molecule has 23 heavy (non-hydrogen) atoms. The van der Waals surface area contributed by atoms with Crippen LogP contribution >= 0.6 is 11.3 Å². The molecule has 6 nitrogen and oxygen atoms in total. The lowest BCUT2D eigenvalue weighted by Gasteiger charge is -2.31. The summed E-state index contributed by atoms with van der Waals surface area (Å²) in [5.41, 5.74) is 0. The van der Waals surface area contributed by atoms with Crippen molar-refractivity contribution in [3.05, 3.63) is 22.4 Å². The summed E-state index contributed by atoms with van der Waals surface area (Å²) in [6.07, 6.45) is 1.74. The summed E-state index contributed by atoms with van der Waals surface area (Å²) >= 11 is 1.63. The SMILES string of the molecule is CN(C)C(CNC(=O)C(=O)N1CCCC(CO)C1)c1cccs1.